The highest BCUT2D eigenvalue weighted by molar-refractivity contribution is 6.69. The molecule has 0 aliphatic heterocycles. The molecule has 0 unspecified atom stereocenters. The van der Waals surface area contributed by atoms with Crippen molar-refractivity contribution in [2.75, 3.05) is 7.11 Å². The fourth-order valence-electron chi connectivity index (χ4n) is 1.14. The van der Waals surface area contributed by atoms with Crippen LogP contribution in [0.3, 0.4) is 0 Å². The first-order valence-corrected chi connectivity index (χ1v) is 4.27. The fraction of sp³-hybridized carbons (Fsp3) is 0.111. The molecule has 0 heterocycles. The summed E-state index contributed by atoms with van der Waals surface area (Å²) in [6, 6.07) is 4.34. The number of ether oxygens (including phenoxy) is 1. The Labute approximate surface area is 90.5 Å². The number of oxime groups is 1. The Hall–Kier alpha value is -1.75. The van der Waals surface area contributed by atoms with E-state index in [4.69, 9.17) is 26.7 Å². The van der Waals surface area contributed by atoms with E-state index in [1.54, 1.807) is 0 Å². The summed E-state index contributed by atoms with van der Waals surface area (Å²) in [5, 5.41) is 19.9. The van der Waals surface area contributed by atoms with Gasteiger partial charge >= 0.3 is 5.97 Å². The highest BCUT2D eigenvalue weighted by atomic mass is 35.5. The Balaban J connectivity index is 3.41. The number of benzene rings is 1. The van der Waals surface area contributed by atoms with E-state index in [0.29, 0.717) is 0 Å². The Kier molecular flexibility index (Phi) is 3.51. The molecule has 0 bridgehead atoms. The topological polar surface area (TPSA) is 79.1 Å². The van der Waals surface area contributed by atoms with E-state index in [1.807, 2.05) is 0 Å². The number of rotatable bonds is 3. The molecule has 0 atom stereocenters. The van der Waals surface area contributed by atoms with Gasteiger partial charge in [-0.05, 0) is 12.1 Å². The van der Waals surface area contributed by atoms with E-state index in [2.05, 4.69) is 5.16 Å². The maximum atomic E-state index is 10.8. The number of para-hydroxylation sites is 1. The van der Waals surface area contributed by atoms with Crippen LogP contribution in [0.1, 0.15) is 15.9 Å². The summed E-state index contributed by atoms with van der Waals surface area (Å²) in [6.45, 7) is 0. The van der Waals surface area contributed by atoms with E-state index in [-0.39, 0.29) is 22.0 Å². The van der Waals surface area contributed by atoms with Gasteiger partial charge in [0.15, 0.2) is 5.17 Å². The third-order valence-corrected chi connectivity index (χ3v) is 2.04. The lowest BCUT2D eigenvalue weighted by molar-refractivity contribution is 0.0693. The first-order chi connectivity index (χ1) is 7.11. The van der Waals surface area contributed by atoms with Gasteiger partial charge in [-0.3, -0.25) is 0 Å². The van der Waals surface area contributed by atoms with Crippen LogP contribution in [0.2, 0.25) is 0 Å². The van der Waals surface area contributed by atoms with Crippen molar-refractivity contribution in [2.24, 2.45) is 5.16 Å². The minimum atomic E-state index is -1.14. The van der Waals surface area contributed by atoms with Gasteiger partial charge in [-0.2, -0.15) is 0 Å². The van der Waals surface area contributed by atoms with Gasteiger partial charge in [-0.25, -0.2) is 4.79 Å². The van der Waals surface area contributed by atoms with Crippen LogP contribution in [0.5, 0.6) is 5.75 Å². The van der Waals surface area contributed by atoms with Crippen molar-refractivity contribution in [3.8, 4) is 5.75 Å². The molecule has 2 N–H and O–H groups in total. The molecule has 0 amide bonds. The average molecular weight is 230 g/mol. The second kappa shape index (κ2) is 4.65. The van der Waals surface area contributed by atoms with Crippen LogP contribution in [0.25, 0.3) is 0 Å². The fourth-order valence-corrected chi connectivity index (χ4v) is 1.29. The Morgan fingerprint density at radius 3 is 2.53 bits per heavy atom. The molecule has 0 fully saturated rings. The van der Waals surface area contributed by atoms with E-state index in [0.717, 1.165) is 0 Å². The number of aromatic carboxylic acids is 1. The largest absolute Gasteiger partial charge is 0.495 e. The maximum Gasteiger partial charge on any atom is 0.339 e. The SMILES string of the molecule is COc1c(C(=O)O)cccc1/C(Cl)=N\O. The first kappa shape index (κ1) is 11.3. The van der Waals surface area contributed by atoms with Gasteiger partial charge in [0.05, 0.1) is 12.7 Å². The summed E-state index contributed by atoms with van der Waals surface area (Å²) in [5.74, 6) is -1.08. The lowest BCUT2D eigenvalue weighted by Gasteiger charge is -2.08. The zero-order chi connectivity index (χ0) is 11.4. The number of nitrogens with zero attached hydrogens (tertiary/aromatic N) is 1. The van der Waals surface area contributed by atoms with Gasteiger partial charge in [-0.1, -0.05) is 22.8 Å². The smallest absolute Gasteiger partial charge is 0.339 e. The summed E-state index contributed by atoms with van der Waals surface area (Å²) >= 11 is 5.58. The van der Waals surface area contributed by atoms with Crippen LogP contribution in [-0.2, 0) is 0 Å². The summed E-state index contributed by atoms with van der Waals surface area (Å²) in [6.07, 6.45) is 0. The molecule has 80 valence electrons. The highest BCUT2D eigenvalue weighted by Crippen LogP contribution is 2.25. The van der Waals surface area contributed by atoms with Crippen LogP contribution in [-0.4, -0.2) is 28.6 Å². The van der Waals surface area contributed by atoms with E-state index >= 15 is 0 Å². The van der Waals surface area contributed by atoms with Crippen LogP contribution >= 0.6 is 11.6 Å². The number of hydrogen-bond acceptors (Lipinski definition) is 4. The normalized spacial score (nSPS) is 11.2. The highest BCUT2D eigenvalue weighted by Gasteiger charge is 2.17. The van der Waals surface area contributed by atoms with Gasteiger partial charge in [-0.15, -0.1) is 0 Å². The van der Waals surface area contributed by atoms with E-state index < -0.39 is 5.97 Å². The molecule has 0 saturated heterocycles. The van der Waals surface area contributed by atoms with Crippen LogP contribution in [0.15, 0.2) is 23.4 Å². The Morgan fingerprint density at radius 1 is 1.47 bits per heavy atom. The van der Waals surface area contributed by atoms with Crippen LogP contribution in [0.4, 0.5) is 0 Å². The third-order valence-electron chi connectivity index (χ3n) is 1.76. The number of carboxylic acid groups (broad SMARTS) is 1. The third kappa shape index (κ3) is 2.19. The molecule has 0 saturated carbocycles. The van der Waals surface area contributed by atoms with Gasteiger partial charge in [0.25, 0.3) is 0 Å². The number of carbonyl (C=O) groups is 1. The summed E-state index contributed by atoms with van der Waals surface area (Å²) in [4.78, 5) is 10.8. The second-order valence-electron chi connectivity index (χ2n) is 2.58. The van der Waals surface area contributed by atoms with Gasteiger partial charge < -0.3 is 15.1 Å². The predicted molar refractivity (Wildman–Crippen MR) is 54.1 cm³/mol. The van der Waals surface area contributed by atoms with Crippen molar-refractivity contribution in [1.82, 2.24) is 0 Å². The summed E-state index contributed by atoms with van der Waals surface area (Å²) < 4.78 is 4.90. The minimum absolute atomic E-state index is 0.0446. The van der Waals surface area contributed by atoms with Crippen molar-refractivity contribution >= 4 is 22.7 Å². The monoisotopic (exact) mass is 229 g/mol. The quantitative estimate of drug-likeness (QED) is 0.470. The molecule has 0 aliphatic carbocycles. The number of halogens is 1. The van der Waals surface area contributed by atoms with E-state index in [9.17, 15) is 4.79 Å². The molecule has 0 aliphatic rings. The Bertz CT molecular complexity index is 417. The maximum absolute atomic E-state index is 10.8. The summed E-state index contributed by atoms with van der Waals surface area (Å²) in [5.41, 5.74) is 0.179. The van der Waals surface area contributed by atoms with Crippen molar-refractivity contribution in [3.63, 3.8) is 0 Å². The lowest BCUT2D eigenvalue weighted by atomic mass is 10.1. The molecule has 0 radical (unpaired) electrons. The number of methoxy groups -OCH3 is 1. The molecular formula is C9H8ClNO4. The lowest BCUT2D eigenvalue weighted by Crippen LogP contribution is -2.05. The number of carboxylic acids is 1. The van der Waals surface area contributed by atoms with Gasteiger partial charge in [0, 0.05) is 0 Å². The van der Waals surface area contributed by atoms with Gasteiger partial charge in [0.2, 0.25) is 0 Å². The molecule has 5 nitrogen and oxygen atoms in total. The van der Waals surface area contributed by atoms with Crippen molar-refractivity contribution < 1.29 is 19.8 Å². The summed E-state index contributed by atoms with van der Waals surface area (Å²) in [7, 11) is 1.31. The number of hydrogen-bond donors (Lipinski definition) is 2. The first-order valence-electron chi connectivity index (χ1n) is 3.90. The van der Waals surface area contributed by atoms with Crippen molar-refractivity contribution in [2.45, 2.75) is 0 Å². The van der Waals surface area contributed by atoms with E-state index in [1.165, 1.54) is 25.3 Å². The molecule has 6 heteroatoms. The average Bonchev–Trinajstić information content (AvgIpc) is 2.26. The van der Waals surface area contributed by atoms with Gasteiger partial charge in [0.1, 0.15) is 11.3 Å². The van der Waals surface area contributed by atoms with Crippen LogP contribution < -0.4 is 4.74 Å². The predicted octanol–water partition coefficient (Wildman–Crippen LogP) is 1.77. The molecule has 1 rings (SSSR count). The molecule has 0 spiro atoms. The zero-order valence-electron chi connectivity index (χ0n) is 7.77. The minimum Gasteiger partial charge on any atom is -0.495 e. The second-order valence-corrected chi connectivity index (χ2v) is 2.94. The van der Waals surface area contributed by atoms with Crippen molar-refractivity contribution in [3.05, 3.63) is 29.3 Å². The van der Waals surface area contributed by atoms with Crippen LogP contribution in [0, 0.1) is 0 Å². The zero-order valence-corrected chi connectivity index (χ0v) is 8.52. The molecule has 1 aromatic carbocycles. The Morgan fingerprint density at radius 2 is 2.07 bits per heavy atom. The standard InChI is InChI=1S/C9H8ClNO4/c1-15-7-5(8(10)11-14)3-2-4-6(7)9(12)13/h2-4,14H,1H3,(H,12,13)/b11-8+. The van der Waals surface area contributed by atoms with Crippen molar-refractivity contribution in [1.29, 1.82) is 0 Å². The molecule has 15 heavy (non-hydrogen) atoms. The molecular weight excluding hydrogens is 222 g/mol. The molecule has 1 aromatic rings. The molecule has 0 aromatic heterocycles.